The maximum atomic E-state index is 6.03. The second-order valence-corrected chi connectivity index (χ2v) is 7.28. The van der Waals surface area contributed by atoms with Crippen molar-refractivity contribution in [3.63, 3.8) is 0 Å². The van der Waals surface area contributed by atoms with Crippen molar-refractivity contribution in [2.75, 3.05) is 0 Å². The van der Waals surface area contributed by atoms with Crippen LogP contribution in [0.5, 0.6) is 0 Å². The number of aromatic nitrogens is 3. The molecule has 3 aromatic rings. The van der Waals surface area contributed by atoms with Gasteiger partial charge in [-0.2, -0.15) is 0 Å². The van der Waals surface area contributed by atoms with Crippen molar-refractivity contribution in [1.29, 1.82) is 0 Å². The van der Waals surface area contributed by atoms with Crippen LogP contribution in [0.1, 0.15) is 23.7 Å². The molecule has 3 nitrogen and oxygen atoms in total. The lowest BCUT2D eigenvalue weighted by Crippen LogP contribution is -2.09. The molecule has 0 aliphatic heterocycles. The van der Waals surface area contributed by atoms with Gasteiger partial charge in [-0.3, -0.25) is 0 Å². The molecule has 0 saturated heterocycles. The number of alkyl halides is 1. The molecule has 1 unspecified atom stereocenters. The SMILES string of the molecule is CC(c1ccc(Cl)s1)n1c(CCl)nc2cc(Br)cnc21. The zero-order chi connectivity index (χ0) is 14.3. The van der Waals surface area contributed by atoms with Crippen LogP contribution in [0.2, 0.25) is 4.34 Å². The highest BCUT2D eigenvalue weighted by Gasteiger charge is 2.19. The van der Waals surface area contributed by atoms with E-state index in [0.717, 1.165) is 30.7 Å². The van der Waals surface area contributed by atoms with Crippen molar-refractivity contribution in [1.82, 2.24) is 14.5 Å². The highest BCUT2D eigenvalue weighted by Crippen LogP contribution is 2.32. The molecule has 0 aromatic carbocycles. The van der Waals surface area contributed by atoms with Crippen LogP contribution in [0.15, 0.2) is 28.9 Å². The number of hydrogen-bond donors (Lipinski definition) is 0. The molecule has 0 fully saturated rings. The van der Waals surface area contributed by atoms with Gasteiger partial charge < -0.3 is 4.57 Å². The van der Waals surface area contributed by atoms with Crippen molar-refractivity contribution < 1.29 is 0 Å². The summed E-state index contributed by atoms with van der Waals surface area (Å²) in [6.07, 6.45) is 1.77. The lowest BCUT2D eigenvalue weighted by molar-refractivity contribution is 0.639. The Morgan fingerprint density at radius 2 is 2.25 bits per heavy atom. The van der Waals surface area contributed by atoms with Gasteiger partial charge in [0.25, 0.3) is 0 Å². The van der Waals surface area contributed by atoms with Crippen LogP contribution in [0.4, 0.5) is 0 Å². The van der Waals surface area contributed by atoms with Crippen molar-refractivity contribution in [3.05, 3.63) is 43.9 Å². The largest absolute Gasteiger partial charge is 0.304 e. The Hall–Kier alpha value is -0.620. The van der Waals surface area contributed by atoms with E-state index in [1.54, 1.807) is 17.5 Å². The summed E-state index contributed by atoms with van der Waals surface area (Å²) < 4.78 is 3.75. The molecule has 0 spiro atoms. The highest BCUT2D eigenvalue weighted by atomic mass is 79.9. The van der Waals surface area contributed by atoms with E-state index >= 15 is 0 Å². The molecule has 0 amide bonds. The Morgan fingerprint density at radius 1 is 1.45 bits per heavy atom. The standard InChI is InChI=1S/C13H10BrCl2N3S/c1-7(10-2-3-11(16)20-10)19-12(5-15)18-9-4-8(14)6-17-13(9)19/h2-4,6-7H,5H2,1H3. The molecule has 0 radical (unpaired) electrons. The fourth-order valence-corrected chi connectivity index (χ4v) is 3.80. The molecule has 3 heterocycles. The Balaban J connectivity index is 2.18. The summed E-state index contributed by atoms with van der Waals surface area (Å²) in [5, 5.41) is 0. The first-order valence-corrected chi connectivity index (χ1v) is 8.46. The van der Waals surface area contributed by atoms with Crippen molar-refractivity contribution >= 4 is 61.6 Å². The highest BCUT2D eigenvalue weighted by molar-refractivity contribution is 9.10. The number of hydrogen-bond acceptors (Lipinski definition) is 3. The van der Waals surface area contributed by atoms with E-state index in [-0.39, 0.29) is 6.04 Å². The number of fused-ring (bicyclic) bond motifs is 1. The van der Waals surface area contributed by atoms with Crippen LogP contribution < -0.4 is 0 Å². The van der Waals surface area contributed by atoms with Gasteiger partial charge in [-0.1, -0.05) is 11.6 Å². The van der Waals surface area contributed by atoms with Gasteiger partial charge in [-0.15, -0.1) is 22.9 Å². The van der Waals surface area contributed by atoms with Gasteiger partial charge in [0.15, 0.2) is 5.65 Å². The molecule has 0 saturated carbocycles. The molecule has 3 rings (SSSR count). The van der Waals surface area contributed by atoms with E-state index in [1.165, 1.54) is 0 Å². The van der Waals surface area contributed by atoms with Crippen LogP contribution in [0.3, 0.4) is 0 Å². The minimum Gasteiger partial charge on any atom is -0.304 e. The first kappa shape index (κ1) is 14.3. The Bertz CT molecular complexity index is 768. The molecule has 0 N–H and O–H groups in total. The van der Waals surface area contributed by atoms with E-state index in [1.807, 2.05) is 18.2 Å². The summed E-state index contributed by atoms with van der Waals surface area (Å²) in [7, 11) is 0. The monoisotopic (exact) mass is 389 g/mol. The number of imidazole rings is 1. The molecular weight excluding hydrogens is 381 g/mol. The van der Waals surface area contributed by atoms with Gasteiger partial charge in [0.1, 0.15) is 11.3 Å². The number of halogens is 3. The second-order valence-electron chi connectivity index (χ2n) is 4.35. The first-order chi connectivity index (χ1) is 9.60. The van der Waals surface area contributed by atoms with Crippen LogP contribution in [-0.4, -0.2) is 14.5 Å². The fourth-order valence-electron chi connectivity index (χ4n) is 2.19. The average Bonchev–Trinajstić information content (AvgIpc) is 3.00. The zero-order valence-corrected chi connectivity index (χ0v) is 14.4. The molecule has 20 heavy (non-hydrogen) atoms. The summed E-state index contributed by atoms with van der Waals surface area (Å²) in [4.78, 5) is 10.2. The summed E-state index contributed by atoms with van der Waals surface area (Å²) in [5.74, 6) is 1.15. The normalized spacial score (nSPS) is 13.0. The van der Waals surface area contributed by atoms with Gasteiger partial charge in [0.2, 0.25) is 0 Å². The van der Waals surface area contributed by atoms with Crippen molar-refractivity contribution in [2.45, 2.75) is 18.8 Å². The number of thiophene rings is 1. The van der Waals surface area contributed by atoms with Crippen molar-refractivity contribution in [3.8, 4) is 0 Å². The topological polar surface area (TPSA) is 30.7 Å². The van der Waals surface area contributed by atoms with E-state index in [2.05, 4.69) is 37.4 Å². The van der Waals surface area contributed by atoms with E-state index < -0.39 is 0 Å². The van der Waals surface area contributed by atoms with E-state index in [9.17, 15) is 0 Å². The van der Waals surface area contributed by atoms with Crippen LogP contribution in [0, 0.1) is 0 Å². The molecular formula is C13H10BrCl2N3S. The lowest BCUT2D eigenvalue weighted by Gasteiger charge is -2.14. The Morgan fingerprint density at radius 3 is 2.90 bits per heavy atom. The molecule has 7 heteroatoms. The number of pyridine rings is 1. The van der Waals surface area contributed by atoms with Gasteiger partial charge in [-0.25, -0.2) is 9.97 Å². The minimum absolute atomic E-state index is 0.0972. The third-order valence-electron chi connectivity index (χ3n) is 3.08. The van der Waals surface area contributed by atoms with Crippen LogP contribution in [-0.2, 0) is 5.88 Å². The third kappa shape index (κ3) is 2.48. The molecule has 0 aliphatic rings. The van der Waals surface area contributed by atoms with Crippen molar-refractivity contribution in [2.24, 2.45) is 0 Å². The number of rotatable bonds is 3. The maximum Gasteiger partial charge on any atom is 0.160 e. The van der Waals surface area contributed by atoms with Crippen LogP contribution in [0.25, 0.3) is 11.2 Å². The summed E-state index contributed by atoms with van der Waals surface area (Å²) >= 11 is 17.0. The van der Waals surface area contributed by atoms with E-state index in [4.69, 9.17) is 23.2 Å². The fraction of sp³-hybridized carbons (Fsp3) is 0.231. The molecule has 104 valence electrons. The summed E-state index contributed by atoms with van der Waals surface area (Å²) in [6, 6.07) is 5.98. The van der Waals surface area contributed by atoms with Gasteiger partial charge in [0.05, 0.1) is 16.3 Å². The van der Waals surface area contributed by atoms with E-state index in [0.29, 0.717) is 5.88 Å². The third-order valence-corrected chi connectivity index (χ3v) is 5.16. The second kappa shape index (κ2) is 5.64. The minimum atomic E-state index is 0.0972. The molecule has 1 atom stereocenters. The smallest absolute Gasteiger partial charge is 0.160 e. The Labute approximate surface area is 138 Å². The van der Waals surface area contributed by atoms with Gasteiger partial charge in [0, 0.05) is 15.5 Å². The molecule has 0 bridgehead atoms. The average molecular weight is 391 g/mol. The van der Waals surface area contributed by atoms with Gasteiger partial charge >= 0.3 is 0 Å². The molecule has 3 aromatic heterocycles. The summed E-state index contributed by atoms with van der Waals surface area (Å²) in [5.41, 5.74) is 1.67. The number of nitrogens with zero attached hydrogens (tertiary/aromatic N) is 3. The lowest BCUT2D eigenvalue weighted by atomic mass is 10.2. The quantitative estimate of drug-likeness (QED) is 0.571. The van der Waals surface area contributed by atoms with Crippen LogP contribution >= 0.6 is 50.5 Å². The van der Waals surface area contributed by atoms with Gasteiger partial charge in [-0.05, 0) is 41.1 Å². The predicted molar refractivity (Wildman–Crippen MR) is 87.9 cm³/mol. The molecule has 0 aliphatic carbocycles. The summed E-state index contributed by atoms with van der Waals surface area (Å²) in [6.45, 7) is 2.10. The first-order valence-electron chi connectivity index (χ1n) is 5.93. The Kier molecular flexibility index (Phi) is 4.04. The maximum absolute atomic E-state index is 6.03. The predicted octanol–water partition coefficient (Wildman–Crippen LogP) is 5.26. The zero-order valence-electron chi connectivity index (χ0n) is 10.5.